The van der Waals surface area contributed by atoms with Crippen LogP contribution >= 0.6 is 0 Å². The summed E-state index contributed by atoms with van der Waals surface area (Å²) in [7, 11) is 0. The van der Waals surface area contributed by atoms with Crippen molar-refractivity contribution < 1.29 is 9.90 Å². The van der Waals surface area contributed by atoms with Crippen LogP contribution in [0.2, 0.25) is 0 Å². The summed E-state index contributed by atoms with van der Waals surface area (Å²) in [6, 6.07) is 0.140. The number of hydrogen-bond donors (Lipinski definition) is 1. The Morgan fingerprint density at radius 1 is 1.27 bits per heavy atom. The molecule has 4 nitrogen and oxygen atoms in total. The van der Waals surface area contributed by atoms with Crippen molar-refractivity contribution in [2.24, 2.45) is 5.92 Å². The SMILES string of the molecule is CCN1CCN(C(C)C(C)C(=O)O)CC1. The van der Waals surface area contributed by atoms with Crippen LogP contribution in [0.4, 0.5) is 0 Å². The summed E-state index contributed by atoms with van der Waals surface area (Å²) in [5.74, 6) is -0.974. The first-order valence-corrected chi connectivity index (χ1v) is 5.75. The number of carboxylic acids is 1. The lowest BCUT2D eigenvalue weighted by atomic mass is 10.0. The third-order valence-corrected chi connectivity index (χ3v) is 3.54. The molecule has 1 N–H and O–H groups in total. The van der Waals surface area contributed by atoms with Gasteiger partial charge < -0.3 is 10.0 Å². The topological polar surface area (TPSA) is 43.8 Å². The molecule has 15 heavy (non-hydrogen) atoms. The zero-order valence-electron chi connectivity index (χ0n) is 9.94. The minimum Gasteiger partial charge on any atom is -0.481 e. The molecule has 0 spiro atoms. The second-order valence-corrected chi connectivity index (χ2v) is 4.34. The fourth-order valence-electron chi connectivity index (χ4n) is 2.01. The van der Waals surface area contributed by atoms with Crippen molar-refractivity contribution in [3.8, 4) is 0 Å². The molecule has 2 unspecified atom stereocenters. The van der Waals surface area contributed by atoms with Gasteiger partial charge in [0.25, 0.3) is 0 Å². The number of carbonyl (C=O) groups is 1. The maximum absolute atomic E-state index is 10.9. The molecular weight excluding hydrogens is 192 g/mol. The summed E-state index contributed by atoms with van der Waals surface area (Å²) < 4.78 is 0. The molecule has 0 radical (unpaired) electrons. The average Bonchev–Trinajstić information content (AvgIpc) is 2.27. The monoisotopic (exact) mass is 214 g/mol. The van der Waals surface area contributed by atoms with Crippen LogP contribution in [0.5, 0.6) is 0 Å². The van der Waals surface area contributed by atoms with Gasteiger partial charge in [0.2, 0.25) is 0 Å². The van der Waals surface area contributed by atoms with Gasteiger partial charge in [0.15, 0.2) is 0 Å². The Morgan fingerprint density at radius 3 is 2.20 bits per heavy atom. The van der Waals surface area contributed by atoms with E-state index in [0.29, 0.717) is 0 Å². The van der Waals surface area contributed by atoms with Crippen LogP contribution in [0.25, 0.3) is 0 Å². The van der Waals surface area contributed by atoms with Gasteiger partial charge >= 0.3 is 5.97 Å². The van der Waals surface area contributed by atoms with Crippen molar-refractivity contribution in [1.82, 2.24) is 9.80 Å². The first-order valence-electron chi connectivity index (χ1n) is 5.75. The van der Waals surface area contributed by atoms with Crippen LogP contribution < -0.4 is 0 Å². The van der Waals surface area contributed by atoms with Crippen molar-refractivity contribution in [3.05, 3.63) is 0 Å². The van der Waals surface area contributed by atoms with Gasteiger partial charge in [0, 0.05) is 32.2 Å². The molecule has 0 bridgehead atoms. The van der Waals surface area contributed by atoms with E-state index in [9.17, 15) is 4.79 Å². The standard InChI is InChI=1S/C11H22N2O2/c1-4-12-5-7-13(8-6-12)10(3)9(2)11(14)15/h9-10H,4-8H2,1-3H3,(H,14,15). The third-order valence-electron chi connectivity index (χ3n) is 3.54. The summed E-state index contributed by atoms with van der Waals surface area (Å²) in [5, 5.41) is 8.94. The molecule has 0 saturated carbocycles. The number of hydrogen-bond acceptors (Lipinski definition) is 3. The summed E-state index contributed by atoms with van der Waals surface area (Å²) in [6.07, 6.45) is 0. The van der Waals surface area contributed by atoms with E-state index in [4.69, 9.17) is 5.11 Å². The molecule has 1 fully saturated rings. The summed E-state index contributed by atoms with van der Waals surface area (Å²) in [5.41, 5.74) is 0. The Balaban J connectivity index is 2.42. The highest BCUT2D eigenvalue weighted by atomic mass is 16.4. The lowest BCUT2D eigenvalue weighted by molar-refractivity contribution is -0.143. The highest BCUT2D eigenvalue weighted by molar-refractivity contribution is 5.70. The van der Waals surface area contributed by atoms with Crippen molar-refractivity contribution in [2.75, 3.05) is 32.7 Å². The van der Waals surface area contributed by atoms with Gasteiger partial charge in [-0.3, -0.25) is 9.69 Å². The maximum Gasteiger partial charge on any atom is 0.307 e. The molecule has 1 saturated heterocycles. The molecule has 0 amide bonds. The van der Waals surface area contributed by atoms with Crippen LogP contribution in [-0.4, -0.2) is 59.6 Å². The lowest BCUT2D eigenvalue weighted by Gasteiger charge is -2.38. The van der Waals surface area contributed by atoms with Gasteiger partial charge in [-0.05, 0) is 13.5 Å². The fraction of sp³-hybridized carbons (Fsp3) is 0.909. The molecule has 0 aromatic carbocycles. The molecule has 0 aromatic rings. The smallest absolute Gasteiger partial charge is 0.307 e. The number of aliphatic carboxylic acids is 1. The van der Waals surface area contributed by atoms with E-state index in [1.807, 2.05) is 6.92 Å². The van der Waals surface area contributed by atoms with Crippen LogP contribution in [0, 0.1) is 5.92 Å². The van der Waals surface area contributed by atoms with Gasteiger partial charge in [0.05, 0.1) is 5.92 Å². The first kappa shape index (κ1) is 12.5. The number of likely N-dealkylation sites (N-methyl/N-ethyl adjacent to an activating group) is 1. The Labute approximate surface area is 91.9 Å². The summed E-state index contributed by atoms with van der Waals surface area (Å²) in [6.45, 7) is 11.2. The molecule has 0 aliphatic carbocycles. The predicted octanol–water partition coefficient (Wildman–Crippen LogP) is 0.733. The van der Waals surface area contributed by atoms with E-state index in [1.165, 1.54) is 0 Å². The number of rotatable bonds is 4. The minimum atomic E-state index is -0.694. The second kappa shape index (κ2) is 5.47. The zero-order valence-corrected chi connectivity index (χ0v) is 9.94. The van der Waals surface area contributed by atoms with Crippen LogP contribution in [0.3, 0.4) is 0 Å². The van der Waals surface area contributed by atoms with Crippen molar-refractivity contribution in [1.29, 1.82) is 0 Å². The van der Waals surface area contributed by atoms with Gasteiger partial charge in [-0.2, -0.15) is 0 Å². The Kier molecular flexibility index (Phi) is 4.54. The fourth-order valence-corrected chi connectivity index (χ4v) is 2.01. The summed E-state index contributed by atoms with van der Waals surface area (Å²) in [4.78, 5) is 15.5. The van der Waals surface area contributed by atoms with E-state index in [-0.39, 0.29) is 12.0 Å². The first-order chi connectivity index (χ1) is 7.06. The average molecular weight is 214 g/mol. The normalized spacial score (nSPS) is 23.7. The molecule has 1 aliphatic rings. The maximum atomic E-state index is 10.9. The molecule has 88 valence electrons. The van der Waals surface area contributed by atoms with E-state index < -0.39 is 5.97 Å². The van der Waals surface area contributed by atoms with E-state index in [2.05, 4.69) is 16.7 Å². The van der Waals surface area contributed by atoms with Gasteiger partial charge in [0.1, 0.15) is 0 Å². The molecular formula is C11H22N2O2. The number of piperazine rings is 1. The Hall–Kier alpha value is -0.610. The van der Waals surface area contributed by atoms with Crippen molar-refractivity contribution in [2.45, 2.75) is 26.8 Å². The van der Waals surface area contributed by atoms with Crippen LogP contribution in [0.1, 0.15) is 20.8 Å². The molecule has 4 heteroatoms. The van der Waals surface area contributed by atoms with Crippen molar-refractivity contribution in [3.63, 3.8) is 0 Å². The third kappa shape index (κ3) is 3.18. The largest absolute Gasteiger partial charge is 0.481 e. The van der Waals surface area contributed by atoms with Crippen LogP contribution in [-0.2, 0) is 4.79 Å². The van der Waals surface area contributed by atoms with Gasteiger partial charge in [-0.25, -0.2) is 0 Å². The molecule has 0 aromatic heterocycles. The molecule has 1 aliphatic heterocycles. The van der Waals surface area contributed by atoms with E-state index in [1.54, 1.807) is 6.92 Å². The van der Waals surface area contributed by atoms with E-state index >= 15 is 0 Å². The Bertz CT molecular complexity index is 213. The highest BCUT2D eigenvalue weighted by Gasteiger charge is 2.27. The summed E-state index contributed by atoms with van der Waals surface area (Å²) >= 11 is 0. The lowest BCUT2D eigenvalue weighted by Crippen LogP contribution is -2.51. The quantitative estimate of drug-likeness (QED) is 0.749. The highest BCUT2D eigenvalue weighted by Crippen LogP contribution is 2.13. The number of nitrogens with zero attached hydrogens (tertiary/aromatic N) is 2. The minimum absolute atomic E-state index is 0.140. The molecule has 1 rings (SSSR count). The Morgan fingerprint density at radius 2 is 1.80 bits per heavy atom. The van der Waals surface area contributed by atoms with Gasteiger partial charge in [-0.15, -0.1) is 0 Å². The van der Waals surface area contributed by atoms with Gasteiger partial charge in [-0.1, -0.05) is 13.8 Å². The predicted molar refractivity (Wildman–Crippen MR) is 59.9 cm³/mol. The van der Waals surface area contributed by atoms with E-state index in [0.717, 1.165) is 32.7 Å². The number of carboxylic acid groups (broad SMARTS) is 1. The second-order valence-electron chi connectivity index (χ2n) is 4.34. The molecule has 2 atom stereocenters. The van der Waals surface area contributed by atoms with Crippen LogP contribution in [0.15, 0.2) is 0 Å². The van der Waals surface area contributed by atoms with Crippen molar-refractivity contribution >= 4 is 5.97 Å². The molecule has 1 heterocycles. The zero-order chi connectivity index (χ0) is 11.4.